The number of nitrogens with one attached hydrogen (secondary N) is 2. The molecule has 2 aromatic heterocycles. The van der Waals surface area contributed by atoms with E-state index < -0.39 is 0 Å². The van der Waals surface area contributed by atoms with Crippen LogP contribution in [0.5, 0.6) is 0 Å². The third-order valence-electron chi connectivity index (χ3n) is 4.47. The molecule has 3 aromatic carbocycles. The molecule has 28 heavy (non-hydrogen) atoms. The number of para-hydroxylation sites is 2. The monoisotopic (exact) mass is 389 g/mol. The average Bonchev–Trinajstić information content (AvgIpc) is 3.13. The van der Waals surface area contributed by atoms with Crippen molar-refractivity contribution in [2.75, 3.05) is 5.32 Å². The summed E-state index contributed by atoms with van der Waals surface area (Å²) in [5.74, 6) is 0.933. The van der Waals surface area contributed by atoms with Crippen LogP contribution >= 0.6 is 11.6 Å². The van der Waals surface area contributed by atoms with Crippen LogP contribution in [-0.4, -0.2) is 19.9 Å². The maximum Gasteiger partial charge on any atom is 0.141 e. The lowest BCUT2D eigenvalue weighted by Crippen LogP contribution is -1.97. The lowest BCUT2D eigenvalue weighted by molar-refractivity contribution is 0.629. The molecule has 0 saturated carbocycles. The Kier molecular flexibility index (Phi) is 3.91. The van der Waals surface area contributed by atoms with Crippen LogP contribution in [0.25, 0.3) is 33.3 Å². The number of hydrogen-bond acceptors (Lipinski definition) is 4. The largest absolute Gasteiger partial charge is 0.340 e. The molecule has 0 aliphatic heterocycles. The first kappa shape index (κ1) is 16.6. The van der Waals surface area contributed by atoms with Gasteiger partial charge in [0.05, 0.1) is 21.6 Å². The minimum absolute atomic E-state index is 0.337. The van der Waals surface area contributed by atoms with Gasteiger partial charge in [-0.1, -0.05) is 23.7 Å². The van der Waals surface area contributed by atoms with Crippen molar-refractivity contribution in [1.29, 1.82) is 0 Å². The summed E-state index contributed by atoms with van der Waals surface area (Å²) in [6, 6.07) is 17.8. The molecule has 0 fully saturated rings. The smallest absolute Gasteiger partial charge is 0.141 e. The van der Waals surface area contributed by atoms with Gasteiger partial charge in [-0.05, 0) is 42.5 Å². The second-order valence-corrected chi connectivity index (χ2v) is 6.71. The summed E-state index contributed by atoms with van der Waals surface area (Å²) in [5.41, 5.74) is 3.90. The van der Waals surface area contributed by atoms with Crippen molar-refractivity contribution in [2.45, 2.75) is 0 Å². The van der Waals surface area contributed by atoms with Crippen LogP contribution in [-0.2, 0) is 0 Å². The van der Waals surface area contributed by atoms with E-state index in [9.17, 15) is 4.39 Å². The second-order valence-electron chi connectivity index (χ2n) is 6.31. The van der Waals surface area contributed by atoms with Gasteiger partial charge in [0.1, 0.15) is 23.8 Å². The van der Waals surface area contributed by atoms with E-state index in [2.05, 4.69) is 25.3 Å². The number of fused-ring (bicyclic) bond motifs is 2. The number of H-pyrrole nitrogens is 1. The Morgan fingerprint density at radius 2 is 1.82 bits per heavy atom. The van der Waals surface area contributed by atoms with Gasteiger partial charge in [-0.3, -0.25) is 0 Å². The van der Waals surface area contributed by atoms with Crippen LogP contribution < -0.4 is 5.32 Å². The number of rotatable bonds is 3. The van der Waals surface area contributed by atoms with Crippen LogP contribution in [0, 0.1) is 5.82 Å². The Morgan fingerprint density at radius 3 is 2.71 bits per heavy atom. The van der Waals surface area contributed by atoms with Crippen LogP contribution in [0.3, 0.4) is 0 Å². The van der Waals surface area contributed by atoms with Gasteiger partial charge in [0.2, 0.25) is 0 Å². The van der Waals surface area contributed by atoms with Gasteiger partial charge < -0.3 is 10.3 Å². The fourth-order valence-corrected chi connectivity index (χ4v) is 3.34. The standard InChI is InChI=1S/C21H13ClFN5/c22-16-8-6-13(10-15(16)21-27-17-3-1-2-4-18(17)28-21)26-20-14-7-5-12(23)9-19(14)24-11-25-20/h1-11H,(H,27,28)(H,24,25,26). The predicted molar refractivity (Wildman–Crippen MR) is 109 cm³/mol. The Balaban J connectivity index is 1.56. The molecule has 0 spiro atoms. The molecule has 0 amide bonds. The fourth-order valence-electron chi connectivity index (χ4n) is 3.13. The van der Waals surface area contributed by atoms with Gasteiger partial charge >= 0.3 is 0 Å². The maximum absolute atomic E-state index is 13.5. The van der Waals surface area contributed by atoms with E-state index in [-0.39, 0.29) is 5.82 Å². The normalized spacial score (nSPS) is 11.2. The third kappa shape index (κ3) is 2.93. The first-order valence-electron chi connectivity index (χ1n) is 8.59. The number of nitrogens with zero attached hydrogens (tertiary/aromatic N) is 3. The van der Waals surface area contributed by atoms with Crippen molar-refractivity contribution in [3.8, 4) is 11.4 Å². The molecule has 5 rings (SSSR count). The molecule has 0 aliphatic rings. The maximum atomic E-state index is 13.5. The summed E-state index contributed by atoms with van der Waals surface area (Å²) in [4.78, 5) is 16.3. The highest BCUT2D eigenvalue weighted by molar-refractivity contribution is 6.33. The molecule has 2 heterocycles. The molecule has 5 nitrogen and oxygen atoms in total. The van der Waals surface area contributed by atoms with Gasteiger partial charge in [0, 0.05) is 22.7 Å². The summed E-state index contributed by atoms with van der Waals surface area (Å²) in [6.07, 6.45) is 1.40. The van der Waals surface area contributed by atoms with Gasteiger partial charge in [-0.15, -0.1) is 0 Å². The van der Waals surface area contributed by atoms with Crippen LogP contribution in [0.2, 0.25) is 5.02 Å². The van der Waals surface area contributed by atoms with E-state index in [0.29, 0.717) is 22.2 Å². The molecule has 7 heteroatoms. The molecular formula is C21H13ClFN5. The molecule has 0 unspecified atom stereocenters. The van der Waals surface area contributed by atoms with E-state index in [4.69, 9.17) is 11.6 Å². The van der Waals surface area contributed by atoms with Crippen molar-refractivity contribution >= 4 is 45.0 Å². The Hall–Kier alpha value is -3.51. The predicted octanol–water partition coefficient (Wildman–Crippen LogP) is 5.71. The number of halogens is 2. The van der Waals surface area contributed by atoms with E-state index in [0.717, 1.165) is 27.7 Å². The molecule has 0 atom stereocenters. The molecule has 5 aromatic rings. The van der Waals surface area contributed by atoms with E-state index in [1.807, 2.05) is 36.4 Å². The molecule has 136 valence electrons. The van der Waals surface area contributed by atoms with Crippen molar-refractivity contribution in [2.24, 2.45) is 0 Å². The summed E-state index contributed by atoms with van der Waals surface area (Å²) in [6.45, 7) is 0. The lowest BCUT2D eigenvalue weighted by Gasteiger charge is -2.10. The summed E-state index contributed by atoms with van der Waals surface area (Å²) in [7, 11) is 0. The summed E-state index contributed by atoms with van der Waals surface area (Å²) < 4.78 is 13.5. The minimum Gasteiger partial charge on any atom is -0.340 e. The Bertz CT molecular complexity index is 1300. The van der Waals surface area contributed by atoms with Crippen LogP contribution in [0.4, 0.5) is 15.9 Å². The quantitative estimate of drug-likeness (QED) is 0.415. The number of imidazole rings is 1. The lowest BCUT2D eigenvalue weighted by atomic mass is 10.1. The van der Waals surface area contributed by atoms with Gasteiger partial charge in [-0.25, -0.2) is 19.3 Å². The molecular weight excluding hydrogens is 377 g/mol. The van der Waals surface area contributed by atoms with Crippen LogP contribution in [0.1, 0.15) is 0 Å². The van der Waals surface area contributed by atoms with Crippen molar-refractivity contribution in [3.63, 3.8) is 0 Å². The Labute approximate surface area is 164 Å². The molecule has 0 saturated heterocycles. The molecule has 0 radical (unpaired) electrons. The first-order chi connectivity index (χ1) is 13.7. The summed E-state index contributed by atoms with van der Waals surface area (Å²) in [5, 5.41) is 4.57. The Morgan fingerprint density at radius 1 is 0.929 bits per heavy atom. The van der Waals surface area contributed by atoms with E-state index in [1.54, 1.807) is 12.1 Å². The molecule has 0 aliphatic carbocycles. The molecule has 0 bridgehead atoms. The van der Waals surface area contributed by atoms with Crippen molar-refractivity contribution in [1.82, 2.24) is 19.9 Å². The SMILES string of the molecule is Fc1ccc2c(Nc3ccc(Cl)c(-c4nc5ccccc5[nH]4)c3)ncnc2c1. The number of benzene rings is 3. The topological polar surface area (TPSA) is 66.5 Å². The number of hydrogen-bond donors (Lipinski definition) is 2. The number of anilines is 2. The minimum atomic E-state index is -0.337. The van der Waals surface area contributed by atoms with E-state index >= 15 is 0 Å². The van der Waals surface area contributed by atoms with Gasteiger partial charge in [-0.2, -0.15) is 0 Å². The van der Waals surface area contributed by atoms with Gasteiger partial charge in [0.25, 0.3) is 0 Å². The zero-order valence-electron chi connectivity index (χ0n) is 14.4. The van der Waals surface area contributed by atoms with Crippen molar-refractivity contribution in [3.05, 3.63) is 77.8 Å². The highest BCUT2D eigenvalue weighted by Gasteiger charge is 2.11. The van der Waals surface area contributed by atoms with Crippen molar-refractivity contribution < 1.29 is 4.39 Å². The highest BCUT2D eigenvalue weighted by atomic mass is 35.5. The zero-order chi connectivity index (χ0) is 19.1. The highest BCUT2D eigenvalue weighted by Crippen LogP contribution is 2.32. The zero-order valence-corrected chi connectivity index (χ0v) is 15.2. The number of aromatic amines is 1. The molecule has 2 N–H and O–H groups in total. The van der Waals surface area contributed by atoms with Gasteiger partial charge in [0.15, 0.2) is 0 Å². The average molecular weight is 390 g/mol. The fraction of sp³-hybridized carbons (Fsp3) is 0. The second kappa shape index (κ2) is 6.58. The van der Waals surface area contributed by atoms with E-state index in [1.165, 1.54) is 18.5 Å². The van der Waals surface area contributed by atoms with Crippen LogP contribution in [0.15, 0.2) is 67.0 Å². The third-order valence-corrected chi connectivity index (χ3v) is 4.80. The number of aromatic nitrogens is 4. The first-order valence-corrected chi connectivity index (χ1v) is 8.97. The summed E-state index contributed by atoms with van der Waals surface area (Å²) >= 11 is 6.42.